The lowest BCUT2D eigenvalue weighted by Crippen LogP contribution is -2.02. The van der Waals surface area contributed by atoms with E-state index in [1.807, 2.05) is 6.92 Å². The van der Waals surface area contributed by atoms with Crippen LogP contribution in [0.1, 0.15) is 25.0 Å². The monoisotopic (exact) mass is 364 g/mol. The Morgan fingerprint density at radius 1 is 1.41 bits per heavy atom. The summed E-state index contributed by atoms with van der Waals surface area (Å²) in [5.41, 5.74) is 4.08. The fraction of sp³-hybridized carbons (Fsp3) is 0.158. The van der Waals surface area contributed by atoms with E-state index >= 15 is 4.39 Å². The van der Waals surface area contributed by atoms with E-state index in [2.05, 4.69) is 32.1 Å². The number of amides is 1. The molecule has 4 rings (SSSR count). The van der Waals surface area contributed by atoms with Crippen LogP contribution in [0.25, 0.3) is 33.4 Å². The van der Waals surface area contributed by atoms with Gasteiger partial charge in [0.1, 0.15) is 5.82 Å². The van der Waals surface area contributed by atoms with Crippen LogP contribution >= 0.6 is 0 Å². The van der Waals surface area contributed by atoms with Gasteiger partial charge in [0.15, 0.2) is 11.5 Å². The number of aromatic nitrogens is 5. The first-order chi connectivity index (χ1) is 13.0. The predicted octanol–water partition coefficient (Wildman–Crippen LogP) is 3.58. The Balaban J connectivity index is 2.02. The molecule has 0 saturated heterocycles. The molecule has 27 heavy (non-hydrogen) atoms. The number of anilines is 1. The number of nitrogens with one attached hydrogen (secondary N) is 2. The SMILES string of the molecule is C=C(C)c1c(F)c(CC)c(-c2cn3cc(NC=O)nc3cn2)c2cn[nH]c12. The van der Waals surface area contributed by atoms with E-state index < -0.39 is 0 Å². The number of fused-ring (bicyclic) bond motifs is 2. The summed E-state index contributed by atoms with van der Waals surface area (Å²) < 4.78 is 17.0. The number of allylic oxidation sites excluding steroid dienone is 1. The van der Waals surface area contributed by atoms with E-state index in [1.165, 1.54) is 0 Å². The number of hydrogen-bond acceptors (Lipinski definition) is 4. The summed E-state index contributed by atoms with van der Waals surface area (Å²) in [5, 5.41) is 10.3. The van der Waals surface area contributed by atoms with Crippen molar-refractivity contribution < 1.29 is 9.18 Å². The van der Waals surface area contributed by atoms with Crippen LogP contribution < -0.4 is 5.32 Å². The first kappa shape index (κ1) is 16.9. The van der Waals surface area contributed by atoms with Gasteiger partial charge in [-0.3, -0.25) is 14.9 Å². The van der Waals surface area contributed by atoms with E-state index in [0.29, 0.717) is 57.8 Å². The van der Waals surface area contributed by atoms with Crippen LogP contribution in [0.4, 0.5) is 10.2 Å². The molecule has 2 N–H and O–H groups in total. The largest absolute Gasteiger partial charge is 0.312 e. The number of carbonyl (C=O) groups excluding carboxylic acids is 1. The Labute approximate surface area is 154 Å². The average molecular weight is 364 g/mol. The minimum Gasteiger partial charge on any atom is -0.312 e. The van der Waals surface area contributed by atoms with Gasteiger partial charge in [0.05, 0.1) is 29.8 Å². The molecular formula is C19H17FN6O. The van der Waals surface area contributed by atoms with Crippen LogP contribution in [0.5, 0.6) is 0 Å². The van der Waals surface area contributed by atoms with Gasteiger partial charge in [-0.2, -0.15) is 5.10 Å². The molecule has 0 atom stereocenters. The third-order valence-corrected chi connectivity index (χ3v) is 4.53. The Hall–Kier alpha value is -3.55. The highest BCUT2D eigenvalue weighted by atomic mass is 19.1. The lowest BCUT2D eigenvalue weighted by atomic mass is 9.92. The quantitative estimate of drug-likeness (QED) is 0.530. The Bertz CT molecular complexity index is 1210. The molecule has 1 aromatic carbocycles. The van der Waals surface area contributed by atoms with Crippen molar-refractivity contribution in [1.29, 1.82) is 0 Å². The summed E-state index contributed by atoms with van der Waals surface area (Å²) in [5.74, 6) is 0.101. The van der Waals surface area contributed by atoms with Gasteiger partial charge in [0.25, 0.3) is 0 Å². The van der Waals surface area contributed by atoms with Crippen LogP contribution in [0, 0.1) is 5.82 Å². The van der Waals surface area contributed by atoms with Crippen molar-refractivity contribution in [2.45, 2.75) is 20.3 Å². The maximum absolute atomic E-state index is 15.3. The molecule has 136 valence electrons. The van der Waals surface area contributed by atoms with Crippen LogP contribution in [-0.2, 0) is 11.2 Å². The molecule has 0 saturated carbocycles. The molecule has 0 unspecified atom stereocenters. The highest BCUT2D eigenvalue weighted by molar-refractivity contribution is 6.01. The van der Waals surface area contributed by atoms with Crippen molar-refractivity contribution in [1.82, 2.24) is 24.6 Å². The third-order valence-electron chi connectivity index (χ3n) is 4.53. The van der Waals surface area contributed by atoms with Crippen LogP contribution in [0.3, 0.4) is 0 Å². The zero-order chi connectivity index (χ0) is 19.1. The van der Waals surface area contributed by atoms with Gasteiger partial charge < -0.3 is 9.72 Å². The van der Waals surface area contributed by atoms with Crippen LogP contribution in [0.15, 0.2) is 31.4 Å². The van der Waals surface area contributed by atoms with Gasteiger partial charge in [-0.05, 0) is 24.5 Å². The predicted molar refractivity (Wildman–Crippen MR) is 102 cm³/mol. The van der Waals surface area contributed by atoms with Crippen molar-refractivity contribution in [3.05, 3.63) is 48.3 Å². The summed E-state index contributed by atoms with van der Waals surface area (Å²) in [4.78, 5) is 19.3. The Kier molecular flexibility index (Phi) is 3.95. The number of imidazole rings is 1. The topological polar surface area (TPSA) is 88.0 Å². The van der Waals surface area contributed by atoms with E-state index in [4.69, 9.17) is 0 Å². The van der Waals surface area contributed by atoms with Gasteiger partial charge in [0.2, 0.25) is 6.41 Å². The van der Waals surface area contributed by atoms with Gasteiger partial charge in [-0.25, -0.2) is 9.37 Å². The fourth-order valence-electron chi connectivity index (χ4n) is 3.38. The molecule has 0 spiro atoms. The number of hydrogen-bond donors (Lipinski definition) is 2. The molecule has 7 nitrogen and oxygen atoms in total. The molecule has 0 radical (unpaired) electrons. The second-order valence-corrected chi connectivity index (χ2v) is 6.26. The molecule has 0 bridgehead atoms. The van der Waals surface area contributed by atoms with Crippen LogP contribution in [0.2, 0.25) is 0 Å². The number of halogens is 1. The maximum Gasteiger partial charge on any atom is 0.212 e. The molecule has 8 heteroatoms. The first-order valence-electron chi connectivity index (χ1n) is 8.43. The standard InChI is InChI=1S/C19H17FN6O/c1-4-11-17(12-5-23-25-19(12)16(10(2)3)18(11)20)13-7-26-8-14(22-9-27)24-15(26)6-21-13/h5-9H,2,4H2,1,3H3,(H,22,27)(H,23,25). The first-order valence-corrected chi connectivity index (χ1v) is 8.43. The molecule has 4 aromatic rings. The minimum absolute atomic E-state index is 0.312. The van der Waals surface area contributed by atoms with E-state index in [-0.39, 0.29) is 5.82 Å². The lowest BCUT2D eigenvalue weighted by molar-refractivity contribution is -0.105. The molecule has 0 aliphatic heterocycles. The number of nitrogens with zero attached hydrogens (tertiary/aromatic N) is 4. The van der Waals surface area contributed by atoms with Crippen LogP contribution in [-0.4, -0.2) is 31.0 Å². The van der Waals surface area contributed by atoms with Gasteiger partial charge in [-0.15, -0.1) is 0 Å². The third kappa shape index (κ3) is 2.57. The van der Waals surface area contributed by atoms with Crippen molar-refractivity contribution >= 4 is 34.4 Å². The van der Waals surface area contributed by atoms with E-state index in [0.717, 1.165) is 5.39 Å². The minimum atomic E-state index is -0.312. The molecule has 0 aliphatic rings. The molecular weight excluding hydrogens is 347 g/mol. The van der Waals surface area contributed by atoms with Crippen molar-refractivity contribution in [2.75, 3.05) is 5.32 Å². The molecule has 1 amide bonds. The number of benzene rings is 1. The zero-order valence-electron chi connectivity index (χ0n) is 14.9. The molecule has 3 heterocycles. The van der Waals surface area contributed by atoms with Gasteiger partial charge in [0, 0.05) is 22.7 Å². The smallest absolute Gasteiger partial charge is 0.212 e. The molecule has 3 aromatic heterocycles. The van der Waals surface area contributed by atoms with Gasteiger partial charge >= 0.3 is 0 Å². The van der Waals surface area contributed by atoms with E-state index in [9.17, 15) is 4.79 Å². The van der Waals surface area contributed by atoms with Crippen molar-refractivity contribution in [3.63, 3.8) is 0 Å². The summed E-state index contributed by atoms with van der Waals surface area (Å²) in [6, 6.07) is 0. The number of aromatic amines is 1. The normalized spacial score (nSPS) is 11.2. The maximum atomic E-state index is 15.3. The average Bonchev–Trinajstić information content (AvgIpc) is 3.26. The number of carbonyl (C=O) groups is 1. The van der Waals surface area contributed by atoms with E-state index in [1.54, 1.807) is 36.1 Å². The Morgan fingerprint density at radius 2 is 2.22 bits per heavy atom. The van der Waals surface area contributed by atoms with Crippen molar-refractivity contribution in [2.24, 2.45) is 0 Å². The fourth-order valence-corrected chi connectivity index (χ4v) is 3.38. The number of rotatable bonds is 5. The van der Waals surface area contributed by atoms with Crippen molar-refractivity contribution in [3.8, 4) is 11.3 Å². The highest BCUT2D eigenvalue weighted by Crippen LogP contribution is 2.37. The summed E-state index contributed by atoms with van der Waals surface area (Å²) in [6.07, 6.45) is 7.75. The summed E-state index contributed by atoms with van der Waals surface area (Å²) in [6.45, 7) is 7.58. The molecule has 0 aliphatic carbocycles. The number of H-pyrrole nitrogens is 1. The molecule has 0 fully saturated rings. The summed E-state index contributed by atoms with van der Waals surface area (Å²) in [7, 11) is 0. The highest BCUT2D eigenvalue weighted by Gasteiger charge is 2.22. The van der Waals surface area contributed by atoms with Gasteiger partial charge in [-0.1, -0.05) is 13.5 Å². The lowest BCUT2D eigenvalue weighted by Gasteiger charge is -2.15. The Morgan fingerprint density at radius 3 is 2.93 bits per heavy atom. The second kappa shape index (κ2) is 6.31. The summed E-state index contributed by atoms with van der Waals surface area (Å²) >= 11 is 0. The zero-order valence-corrected chi connectivity index (χ0v) is 14.9. The second-order valence-electron chi connectivity index (χ2n) is 6.26.